The van der Waals surface area contributed by atoms with Gasteiger partial charge in [-0.25, -0.2) is 0 Å². The van der Waals surface area contributed by atoms with Crippen molar-refractivity contribution in [3.05, 3.63) is 61.4 Å². The lowest BCUT2D eigenvalue weighted by Crippen LogP contribution is -2.17. The second kappa shape index (κ2) is 6.27. The van der Waals surface area contributed by atoms with E-state index < -0.39 is 0 Å². The molecule has 1 N–H and O–H groups in total. The first-order valence-corrected chi connectivity index (χ1v) is 7.40. The van der Waals surface area contributed by atoms with Gasteiger partial charge in [0.15, 0.2) is 0 Å². The Morgan fingerprint density at radius 2 is 2.11 bits per heavy atom. The third-order valence-electron chi connectivity index (χ3n) is 2.78. The maximum Gasteiger partial charge on any atom is 0.324 e. The number of rotatable bonds is 5. The van der Waals surface area contributed by atoms with E-state index in [0.29, 0.717) is 6.54 Å². The first-order chi connectivity index (χ1) is 9.08. The zero-order valence-electron chi connectivity index (χ0n) is 10.3. The van der Waals surface area contributed by atoms with Gasteiger partial charge in [0.05, 0.1) is 4.92 Å². The first kappa shape index (κ1) is 14.2. The molecule has 0 unspecified atom stereocenters. The van der Waals surface area contributed by atoms with Crippen LogP contribution in [0.5, 0.6) is 0 Å². The van der Waals surface area contributed by atoms with E-state index in [4.69, 9.17) is 0 Å². The summed E-state index contributed by atoms with van der Waals surface area (Å²) in [5, 5.41) is 14.2. The van der Waals surface area contributed by atoms with Gasteiger partial charge in [-0.05, 0) is 24.6 Å². The summed E-state index contributed by atoms with van der Waals surface area (Å²) in [6, 6.07) is 11.5. The monoisotopic (exact) mass is 340 g/mol. The molecule has 0 fully saturated rings. The number of hydrogen-bond donors (Lipinski definition) is 1. The van der Waals surface area contributed by atoms with Crippen LogP contribution in [-0.4, -0.2) is 4.92 Å². The van der Waals surface area contributed by atoms with Gasteiger partial charge in [0.2, 0.25) is 0 Å². The van der Waals surface area contributed by atoms with Crippen LogP contribution in [0.1, 0.15) is 23.4 Å². The minimum absolute atomic E-state index is 0.178. The maximum atomic E-state index is 10.6. The van der Waals surface area contributed by atoms with Crippen LogP contribution < -0.4 is 5.32 Å². The summed E-state index contributed by atoms with van der Waals surface area (Å²) in [6.45, 7) is 2.70. The summed E-state index contributed by atoms with van der Waals surface area (Å²) in [5.41, 5.74) is 1.17. The fourth-order valence-electron chi connectivity index (χ4n) is 1.75. The molecule has 0 radical (unpaired) electrons. The smallest absolute Gasteiger partial charge is 0.305 e. The third kappa shape index (κ3) is 3.62. The van der Waals surface area contributed by atoms with E-state index in [1.807, 2.05) is 18.2 Å². The molecule has 100 valence electrons. The molecule has 1 heterocycles. The normalized spacial score (nSPS) is 12.3. The quantitative estimate of drug-likeness (QED) is 0.653. The molecule has 1 aromatic carbocycles. The van der Waals surface area contributed by atoms with Crippen molar-refractivity contribution in [1.29, 1.82) is 0 Å². The molecule has 2 rings (SSSR count). The van der Waals surface area contributed by atoms with Crippen molar-refractivity contribution in [2.75, 3.05) is 0 Å². The van der Waals surface area contributed by atoms with E-state index in [9.17, 15) is 10.1 Å². The van der Waals surface area contributed by atoms with Crippen molar-refractivity contribution < 1.29 is 4.92 Å². The van der Waals surface area contributed by atoms with Crippen molar-refractivity contribution in [3.8, 4) is 0 Å². The van der Waals surface area contributed by atoms with Crippen LogP contribution in [-0.2, 0) is 6.54 Å². The molecule has 1 atom stereocenters. The lowest BCUT2D eigenvalue weighted by Gasteiger charge is -2.15. The topological polar surface area (TPSA) is 55.2 Å². The number of benzene rings is 1. The molecular weight excluding hydrogens is 328 g/mol. The van der Waals surface area contributed by atoms with E-state index in [-0.39, 0.29) is 16.0 Å². The predicted molar refractivity (Wildman–Crippen MR) is 80.4 cm³/mol. The molecule has 2 aromatic rings. The van der Waals surface area contributed by atoms with Crippen LogP contribution in [0.15, 0.2) is 40.9 Å². The molecule has 0 aliphatic heterocycles. The Morgan fingerprint density at radius 1 is 1.37 bits per heavy atom. The number of nitrogens with zero attached hydrogens (tertiary/aromatic N) is 1. The van der Waals surface area contributed by atoms with Gasteiger partial charge >= 0.3 is 5.00 Å². The third-order valence-corrected chi connectivity index (χ3v) is 4.54. The van der Waals surface area contributed by atoms with Gasteiger partial charge in [0.25, 0.3) is 0 Å². The van der Waals surface area contributed by atoms with Crippen LogP contribution in [0.25, 0.3) is 0 Å². The number of nitrogens with one attached hydrogen (secondary N) is 1. The molecule has 6 heteroatoms. The molecule has 19 heavy (non-hydrogen) atoms. The average Bonchev–Trinajstić information content (AvgIpc) is 2.85. The van der Waals surface area contributed by atoms with E-state index in [1.165, 1.54) is 16.9 Å². The average molecular weight is 341 g/mol. The molecule has 0 aliphatic rings. The minimum atomic E-state index is -0.356. The van der Waals surface area contributed by atoms with Gasteiger partial charge < -0.3 is 5.32 Å². The van der Waals surface area contributed by atoms with Crippen molar-refractivity contribution in [1.82, 2.24) is 5.32 Å². The van der Waals surface area contributed by atoms with E-state index in [1.54, 1.807) is 12.1 Å². The van der Waals surface area contributed by atoms with Crippen LogP contribution in [0.3, 0.4) is 0 Å². The fraction of sp³-hybridized carbons (Fsp3) is 0.231. The molecule has 0 saturated carbocycles. The molecule has 0 amide bonds. The fourth-order valence-corrected chi connectivity index (χ4v) is 3.15. The molecular formula is C13H13BrN2O2S. The Bertz CT molecular complexity index is 586. The van der Waals surface area contributed by atoms with Crippen LogP contribution in [0, 0.1) is 10.1 Å². The Balaban J connectivity index is 1.98. The maximum absolute atomic E-state index is 10.6. The zero-order chi connectivity index (χ0) is 13.8. The van der Waals surface area contributed by atoms with Crippen LogP contribution >= 0.6 is 27.3 Å². The summed E-state index contributed by atoms with van der Waals surface area (Å²) < 4.78 is 1.06. The summed E-state index contributed by atoms with van der Waals surface area (Å²) >= 11 is 4.73. The first-order valence-electron chi connectivity index (χ1n) is 5.79. The number of nitro groups is 1. The highest BCUT2D eigenvalue weighted by Crippen LogP contribution is 2.26. The lowest BCUT2D eigenvalue weighted by molar-refractivity contribution is -0.380. The highest BCUT2D eigenvalue weighted by Gasteiger charge is 2.12. The van der Waals surface area contributed by atoms with Crippen molar-refractivity contribution in [2.24, 2.45) is 0 Å². The Morgan fingerprint density at radius 3 is 2.74 bits per heavy atom. The van der Waals surface area contributed by atoms with E-state index >= 15 is 0 Å². The highest BCUT2D eigenvalue weighted by atomic mass is 79.9. The van der Waals surface area contributed by atoms with Gasteiger partial charge in [0.1, 0.15) is 0 Å². The molecule has 0 aliphatic carbocycles. The highest BCUT2D eigenvalue weighted by molar-refractivity contribution is 9.10. The molecule has 0 spiro atoms. The molecule has 1 aromatic heterocycles. The van der Waals surface area contributed by atoms with Crippen molar-refractivity contribution >= 4 is 32.3 Å². The van der Waals surface area contributed by atoms with Gasteiger partial charge in [-0.2, -0.15) is 0 Å². The Kier molecular flexibility index (Phi) is 4.68. The van der Waals surface area contributed by atoms with Gasteiger partial charge in [-0.3, -0.25) is 10.1 Å². The Labute approximate surface area is 123 Å². The number of hydrogen-bond acceptors (Lipinski definition) is 4. The van der Waals surface area contributed by atoms with Gasteiger partial charge in [-0.1, -0.05) is 45.5 Å². The molecule has 0 saturated heterocycles. The van der Waals surface area contributed by atoms with E-state index in [0.717, 1.165) is 9.35 Å². The zero-order valence-corrected chi connectivity index (χ0v) is 12.7. The summed E-state index contributed by atoms with van der Waals surface area (Å²) in [4.78, 5) is 11.2. The van der Waals surface area contributed by atoms with Gasteiger partial charge in [0, 0.05) is 28.0 Å². The molecule has 4 nitrogen and oxygen atoms in total. The summed E-state index contributed by atoms with van der Waals surface area (Å²) in [5.74, 6) is 0. The second-order valence-corrected chi connectivity index (χ2v) is 6.12. The van der Waals surface area contributed by atoms with Crippen LogP contribution in [0.2, 0.25) is 0 Å². The SMILES string of the molecule is C[C@H](NCc1ccc([N+](=O)[O-])s1)c1ccccc1Br. The Hall–Kier alpha value is -1.24. The number of thiophene rings is 1. The van der Waals surface area contributed by atoms with Crippen molar-refractivity contribution in [2.45, 2.75) is 19.5 Å². The van der Waals surface area contributed by atoms with Crippen LogP contribution in [0.4, 0.5) is 5.00 Å². The lowest BCUT2D eigenvalue weighted by atomic mass is 10.1. The van der Waals surface area contributed by atoms with Gasteiger partial charge in [-0.15, -0.1) is 0 Å². The largest absolute Gasteiger partial charge is 0.324 e. The summed E-state index contributed by atoms with van der Waals surface area (Å²) in [7, 11) is 0. The molecule has 0 bridgehead atoms. The standard InChI is InChI=1S/C13H13BrN2O2S/c1-9(11-4-2-3-5-12(11)14)15-8-10-6-7-13(19-10)16(17)18/h2-7,9,15H,8H2,1H3/t9-/m0/s1. The minimum Gasteiger partial charge on any atom is -0.305 e. The second-order valence-electron chi connectivity index (χ2n) is 4.12. The summed E-state index contributed by atoms with van der Waals surface area (Å²) in [6.07, 6.45) is 0. The van der Waals surface area contributed by atoms with Crippen molar-refractivity contribution in [3.63, 3.8) is 0 Å². The number of halogens is 1. The van der Waals surface area contributed by atoms with E-state index in [2.05, 4.69) is 34.2 Å². The predicted octanol–water partition coefficient (Wildman–Crippen LogP) is 4.27.